The molecule has 2 N–H and O–H groups in total. The Balaban J connectivity index is 2.02. The predicted octanol–water partition coefficient (Wildman–Crippen LogP) is 2.70. The van der Waals surface area contributed by atoms with Gasteiger partial charge in [0.2, 0.25) is 0 Å². The fraction of sp³-hybridized carbons (Fsp3) is 0.438. The van der Waals surface area contributed by atoms with Crippen LogP contribution >= 0.6 is 11.8 Å². The molecule has 2 rings (SSSR count). The van der Waals surface area contributed by atoms with E-state index in [2.05, 4.69) is 11.9 Å². The van der Waals surface area contributed by atoms with Crippen LogP contribution in [0, 0.1) is 11.6 Å². The molecule has 2 amide bonds. The number of amides is 2. The summed E-state index contributed by atoms with van der Waals surface area (Å²) >= 11 is 1.63. The van der Waals surface area contributed by atoms with Crippen LogP contribution in [0.1, 0.15) is 18.0 Å². The molecule has 2 unspecified atom stereocenters. The monoisotopic (exact) mass is 342 g/mol. The normalized spacial score (nSPS) is 20.6. The van der Waals surface area contributed by atoms with Crippen LogP contribution in [0.25, 0.3) is 0 Å². The fourth-order valence-electron chi connectivity index (χ4n) is 2.60. The summed E-state index contributed by atoms with van der Waals surface area (Å²) in [5, 5.41) is 12.6. The van der Waals surface area contributed by atoms with E-state index in [0.717, 1.165) is 29.7 Å². The summed E-state index contributed by atoms with van der Waals surface area (Å²) in [7, 11) is 0. The van der Waals surface area contributed by atoms with Gasteiger partial charge in [-0.3, -0.25) is 0 Å². The quantitative estimate of drug-likeness (QED) is 0.617. The number of β-amino-alcohol motifs (C(OH)–C–C–N with tert-alkyl or cyclic N) is 1. The molecule has 0 aliphatic carbocycles. The van der Waals surface area contributed by atoms with E-state index in [-0.39, 0.29) is 24.6 Å². The van der Waals surface area contributed by atoms with Gasteiger partial charge in [0.15, 0.2) is 0 Å². The van der Waals surface area contributed by atoms with Crippen LogP contribution in [0.15, 0.2) is 30.9 Å². The third kappa shape index (κ3) is 4.68. The van der Waals surface area contributed by atoms with Crippen molar-refractivity contribution in [1.29, 1.82) is 0 Å². The van der Waals surface area contributed by atoms with Gasteiger partial charge in [0, 0.05) is 30.2 Å². The highest BCUT2D eigenvalue weighted by atomic mass is 32.2. The third-order valence-electron chi connectivity index (χ3n) is 3.62. The number of hydrogen-bond donors (Lipinski definition) is 2. The van der Waals surface area contributed by atoms with E-state index in [1.165, 1.54) is 4.90 Å². The molecule has 23 heavy (non-hydrogen) atoms. The van der Waals surface area contributed by atoms with Gasteiger partial charge < -0.3 is 15.3 Å². The number of halogens is 2. The highest BCUT2D eigenvalue weighted by Gasteiger charge is 2.36. The number of hydrogen-bond acceptors (Lipinski definition) is 3. The van der Waals surface area contributed by atoms with E-state index in [1.807, 2.05) is 0 Å². The third-order valence-corrected chi connectivity index (χ3v) is 4.58. The number of aliphatic hydroxyl groups excluding tert-OH is 1. The van der Waals surface area contributed by atoms with Crippen molar-refractivity contribution in [3.8, 4) is 0 Å². The van der Waals surface area contributed by atoms with E-state index < -0.39 is 23.8 Å². The lowest BCUT2D eigenvalue weighted by molar-refractivity contribution is 0.170. The Labute approximate surface area is 138 Å². The first kappa shape index (κ1) is 17.7. The van der Waals surface area contributed by atoms with E-state index in [9.17, 15) is 18.7 Å². The molecule has 0 bridgehead atoms. The summed E-state index contributed by atoms with van der Waals surface area (Å²) in [5.74, 6) is 0.386. The van der Waals surface area contributed by atoms with Gasteiger partial charge in [0.1, 0.15) is 11.6 Å². The molecule has 0 spiro atoms. The predicted molar refractivity (Wildman–Crippen MR) is 87.3 cm³/mol. The van der Waals surface area contributed by atoms with Crippen molar-refractivity contribution in [3.63, 3.8) is 0 Å². The minimum absolute atomic E-state index is 0.0951. The van der Waals surface area contributed by atoms with Crippen molar-refractivity contribution in [2.75, 3.05) is 24.6 Å². The van der Waals surface area contributed by atoms with Crippen LogP contribution in [0.4, 0.5) is 13.6 Å². The number of thioether (sulfide) groups is 1. The summed E-state index contributed by atoms with van der Waals surface area (Å²) in [6.45, 7) is 4.18. The minimum atomic E-state index is -0.747. The molecular weight excluding hydrogens is 322 g/mol. The standard InChI is InChI=1S/C16H20F2N2O2S/c1-2-6-23-7-5-19-16(22)20-10-12(21)9-15(20)13-8-11(17)3-4-14(13)18/h2-4,8,12,15,21H,1,5-7,9-10H2,(H,19,22). The second-order valence-electron chi connectivity index (χ2n) is 5.32. The van der Waals surface area contributed by atoms with E-state index >= 15 is 0 Å². The molecule has 126 valence electrons. The number of nitrogens with zero attached hydrogens (tertiary/aromatic N) is 1. The first-order valence-electron chi connectivity index (χ1n) is 7.39. The van der Waals surface area contributed by atoms with Crippen LogP contribution in [-0.4, -0.2) is 46.7 Å². The Hall–Kier alpha value is -1.60. The SMILES string of the molecule is C=CCSCCNC(=O)N1CC(O)CC1c1cc(F)ccc1F. The summed E-state index contributed by atoms with van der Waals surface area (Å²) in [6, 6.07) is 2.11. The Morgan fingerprint density at radius 1 is 1.52 bits per heavy atom. The van der Waals surface area contributed by atoms with E-state index in [1.54, 1.807) is 17.8 Å². The molecule has 0 aromatic heterocycles. The van der Waals surface area contributed by atoms with Crippen molar-refractivity contribution < 1.29 is 18.7 Å². The smallest absolute Gasteiger partial charge is 0.318 e. The second kappa shape index (κ2) is 8.31. The van der Waals surface area contributed by atoms with Crippen LogP contribution in [0.5, 0.6) is 0 Å². The Bertz CT molecular complexity index is 571. The zero-order chi connectivity index (χ0) is 16.8. The molecule has 1 saturated heterocycles. The molecular formula is C16H20F2N2O2S. The number of likely N-dealkylation sites (tertiary alicyclic amines) is 1. The number of rotatable bonds is 6. The van der Waals surface area contributed by atoms with Crippen molar-refractivity contribution in [3.05, 3.63) is 48.1 Å². The fourth-order valence-corrected chi connectivity index (χ4v) is 3.18. The van der Waals surface area contributed by atoms with Gasteiger partial charge in [0.25, 0.3) is 0 Å². The Morgan fingerprint density at radius 3 is 3.04 bits per heavy atom. The maximum Gasteiger partial charge on any atom is 0.318 e. The molecule has 1 heterocycles. The van der Waals surface area contributed by atoms with Gasteiger partial charge in [-0.25, -0.2) is 13.6 Å². The molecule has 0 saturated carbocycles. The summed E-state index contributed by atoms with van der Waals surface area (Å²) in [6.07, 6.45) is 1.23. The van der Waals surface area contributed by atoms with Crippen LogP contribution < -0.4 is 5.32 Å². The Kier molecular flexibility index (Phi) is 6.41. The molecule has 1 aliphatic rings. The first-order valence-corrected chi connectivity index (χ1v) is 8.54. The van der Waals surface area contributed by atoms with Gasteiger partial charge in [-0.1, -0.05) is 6.08 Å². The lowest BCUT2D eigenvalue weighted by atomic mass is 10.0. The molecule has 1 aromatic rings. The molecule has 1 fully saturated rings. The molecule has 7 heteroatoms. The van der Waals surface area contributed by atoms with Crippen LogP contribution in [0.3, 0.4) is 0 Å². The first-order chi connectivity index (χ1) is 11.0. The number of aliphatic hydroxyl groups is 1. The largest absolute Gasteiger partial charge is 0.391 e. The van der Waals surface area contributed by atoms with Gasteiger partial charge in [0.05, 0.1) is 12.1 Å². The van der Waals surface area contributed by atoms with Crippen LogP contribution in [-0.2, 0) is 0 Å². The van der Waals surface area contributed by atoms with Crippen molar-refractivity contribution >= 4 is 17.8 Å². The van der Waals surface area contributed by atoms with Gasteiger partial charge >= 0.3 is 6.03 Å². The number of carbonyl (C=O) groups is 1. The van der Waals surface area contributed by atoms with E-state index in [4.69, 9.17) is 0 Å². The topological polar surface area (TPSA) is 52.6 Å². The minimum Gasteiger partial charge on any atom is -0.391 e. The molecule has 4 nitrogen and oxygen atoms in total. The molecule has 1 aromatic carbocycles. The van der Waals surface area contributed by atoms with Gasteiger partial charge in [-0.15, -0.1) is 6.58 Å². The van der Waals surface area contributed by atoms with Crippen molar-refractivity contribution in [1.82, 2.24) is 10.2 Å². The Morgan fingerprint density at radius 2 is 2.30 bits per heavy atom. The van der Waals surface area contributed by atoms with Crippen molar-refractivity contribution in [2.45, 2.75) is 18.6 Å². The van der Waals surface area contributed by atoms with Gasteiger partial charge in [-0.05, 0) is 24.6 Å². The number of urea groups is 1. The summed E-state index contributed by atoms with van der Waals surface area (Å²) in [5.41, 5.74) is 0.0951. The van der Waals surface area contributed by atoms with Crippen molar-refractivity contribution in [2.24, 2.45) is 0 Å². The maximum absolute atomic E-state index is 14.0. The highest BCUT2D eigenvalue weighted by Crippen LogP contribution is 2.33. The number of carbonyl (C=O) groups excluding carboxylic acids is 1. The average Bonchev–Trinajstić information content (AvgIpc) is 2.91. The van der Waals surface area contributed by atoms with Gasteiger partial charge in [-0.2, -0.15) is 11.8 Å². The highest BCUT2D eigenvalue weighted by molar-refractivity contribution is 7.99. The summed E-state index contributed by atoms with van der Waals surface area (Å²) in [4.78, 5) is 13.6. The summed E-state index contributed by atoms with van der Waals surface area (Å²) < 4.78 is 27.3. The molecule has 0 radical (unpaired) electrons. The maximum atomic E-state index is 14.0. The molecule has 1 aliphatic heterocycles. The lowest BCUT2D eigenvalue weighted by Gasteiger charge is -2.25. The zero-order valence-corrected chi connectivity index (χ0v) is 13.5. The molecule has 2 atom stereocenters. The zero-order valence-electron chi connectivity index (χ0n) is 12.7. The second-order valence-corrected chi connectivity index (χ2v) is 6.47. The van der Waals surface area contributed by atoms with E-state index in [0.29, 0.717) is 6.54 Å². The number of nitrogens with one attached hydrogen (secondary N) is 1. The lowest BCUT2D eigenvalue weighted by Crippen LogP contribution is -2.41. The number of benzene rings is 1. The van der Waals surface area contributed by atoms with Crippen LogP contribution in [0.2, 0.25) is 0 Å². The average molecular weight is 342 g/mol.